The van der Waals surface area contributed by atoms with Gasteiger partial charge in [0.1, 0.15) is 5.71 Å². The van der Waals surface area contributed by atoms with E-state index in [1.165, 1.54) is 0 Å². The fourth-order valence-electron chi connectivity index (χ4n) is 3.83. The number of carbonyl (C=O) groups excluding carboxylic acids is 2. The second-order valence-corrected chi connectivity index (χ2v) is 8.21. The Morgan fingerprint density at radius 1 is 1.13 bits per heavy atom. The molecule has 0 bridgehead atoms. The van der Waals surface area contributed by atoms with Crippen LogP contribution in [0.2, 0.25) is 5.02 Å². The van der Waals surface area contributed by atoms with Crippen molar-refractivity contribution >= 4 is 40.6 Å². The lowest BCUT2D eigenvalue weighted by Crippen LogP contribution is -2.52. The van der Waals surface area contributed by atoms with Gasteiger partial charge in [-0.3, -0.25) is 4.79 Å². The number of benzene rings is 2. The lowest BCUT2D eigenvalue weighted by molar-refractivity contribution is -0.110. The molecule has 0 saturated carbocycles. The van der Waals surface area contributed by atoms with Crippen LogP contribution in [0.15, 0.2) is 53.7 Å². The average Bonchev–Trinajstić information content (AvgIpc) is 3.11. The summed E-state index contributed by atoms with van der Waals surface area (Å²) >= 11 is 5.97. The Labute approximate surface area is 180 Å². The van der Waals surface area contributed by atoms with Gasteiger partial charge >= 0.3 is 6.03 Å². The van der Waals surface area contributed by atoms with Crippen molar-refractivity contribution in [2.75, 3.05) is 23.7 Å². The van der Waals surface area contributed by atoms with Gasteiger partial charge in [-0.15, -0.1) is 0 Å². The predicted molar refractivity (Wildman–Crippen MR) is 117 cm³/mol. The molecular weight excluding hydrogens is 404 g/mol. The Balaban J connectivity index is 1.37. The largest absolute Gasteiger partial charge is 0.386 e. The third-order valence-electron chi connectivity index (χ3n) is 5.28. The number of amides is 3. The molecular formula is C22H23ClN4O3. The van der Waals surface area contributed by atoms with Gasteiger partial charge in [0.15, 0.2) is 5.60 Å². The van der Waals surface area contributed by atoms with E-state index >= 15 is 0 Å². The molecule has 3 amide bonds. The standard InChI is InChI=1S/C22H23ClN4O3/c1-15-5-2-7-17(11-15)25-21(29)27-10-4-9-22(14-27)13-19(26-30-22)20(28)24-18-8-3-6-16(23)12-18/h2-3,5-8,11-12H,4,9-10,13-14H2,1H3,(H,24,28)(H,25,29). The monoisotopic (exact) mass is 426 g/mol. The number of rotatable bonds is 3. The highest BCUT2D eigenvalue weighted by molar-refractivity contribution is 6.43. The topological polar surface area (TPSA) is 83.0 Å². The number of anilines is 2. The summed E-state index contributed by atoms with van der Waals surface area (Å²) in [7, 11) is 0. The summed E-state index contributed by atoms with van der Waals surface area (Å²) in [6.07, 6.45) is 1.87. The number of halogens is 1. The number of hydrogen-bond donors (Lipinski definition) is 2. The average molecular weight is 427 g/mol. The highest BCUT2D eigenvalue weighted by Crippen LogP contribution is 2.34. The first-order valence-corrected chi connectivity index (χ1v) is 10.2. The molecule has 4 rings (SSSR count). The molecule has 1 fully saturated rings. The van der Waals surface area contributed by atoms with E-state index in [1.54, 1.807) is 29.2 Å². The molecule has 7 nitrogen and oxygen atoms in total. The first kappa shape index (κ1) is 20.2. The fraction of sp³-hybridized carbons (Fsp3) is 0.318. The second kappa shape index (κ2) is 8.36. The van der Waals surface area contributed by atoms with E-state index in [0.29, 0.717) is 35.9 Å². The third kappa shape index (κ3) is 4.57. The maximum Gasteiger partial charge on any atom is 0.321 e. The number of aryl methyl sites for hydroxylation is 1. The lowest BCUT2D eigenvalue weighted by Gasteiger charge is -2.38. The summed E-state index contributed by atoms with van der Waals surface area (Å²) < 4.78 is 0. The van der Waals surface area contributed by atoms with Gasteiger partial charge < -0.3 is 20.4 Å². The number of urea groups is 1. The van der Waals surface area contributed by atoms with Crippen molar-refractivity contribution in [2.24, 2.45) is 5.16 Å². The minimum absolute atomic E-state index is 0.180. The Bertz CT molecular complexity index is 1010. The van der Waals surface area contributed by atoms with Crippen LogP contribution in [0.3, 0.4) is 0 Å². The highest BCUT2D eigenvalue weighted by atomic mass is 35.5. The Hall–Kier alpha value is -3.06. The van der Waals surface area contributed by atoms with E-state index in [0.717, 1.165) is 24.1 Å². The molecule has 2 aromatic carbocycles. The van der Waals surface area contributed by atoms with Gasteiger partial charge in [0.05, 0.1) is 6.54 Å². The zero-order valence-corrected chi connectivity index (χ0v) is 17.4. The Morgan fingerprint density at radius 3 is 2.67 bits per heavy atom. The van der Waals surface area contributed by atoms with Crippen LogP contribution in [0.4, 0.5) is 16.2 Å². The molecule has 156 valence electrons. The van der Waals surface area contributed by atoms with E-state index in [9.17, 15) is 9.59 Å². The van der Waals surface area contributed by atoms with E-state index in [2.05, 4.69) is 15.8 Å². The van der Waals surface area contributed by atoms with Gasteiger partial charge in [0, 0.05) is 29.4 Å². The SMILES string of the molecule is Cc1cccc(NC(=O)N2CCCC3(CC(C(=O)Nc4cccc(Cl)c4)=NO3)C2)c1. The lowest BCUT2D eigenvalue weighted by atomic mass is 9.88. The quantitative estimate of drug-likeness (QED) is 0.761. The third-order valence-corrected chi connectivity index (χ3v) is 5.51. The molecule has 2 aromatic rings. The number of oxime groups is 1. The fourth-order valence-corrected chi connectivity index (χ4v) is 4.02. The molecule has 2 N–H and O–H groups in total. The van der Waals surface area contributed by atoms with Crippen LogP contribution in [0, 0.1) is 6.92 Å². The maximum atomic E-state index is 12.7. The molecule has 30 heavy (non-hydrogen) atoms. The summed E-state index contributed by atoms with van der Waals surface area (Å²) in [6, 6.07) is 14.4. The number of likely N-dealkylation sites (tertiary alicyclic amines) is 1. The summed E-state index contributed by atoms with van der Waals surface area (Å²) in [6.45, 7) is 2.99. The minimum atomic E-state index is -0.663. The van der Waals surface area contributed by atoms with E-state index in [-0.39, 0.29) is 11.9 Å². The maximum absolute atomic E-state index is 12.7. The van der Waals surface area contributed by atoms with E-state index in [4.69, 9.17) is 16.4 Å². The molecule has 1 spiro atoms. The first-order valence-electron chi connectivity index (χ1n) is 9.87. The van der Waals surface area contributed by atoms with Crippen LogP contribution in [-0.2, 0) is 9.63 Å². The summed E-state index contributed by atoms with van der Waals surface area (Å²) in [4.78, 5) is 32.7. The Morgan fingerprint density at radius 2 is 1.90 bits per heavy atom. The van der Waals surface area contributed by atoms with Gasteiger partial charge in [-0.05, 0) is 55.7 Å². The highest BCUT2D eigenvalue weighted by Gasteiger charge is 2.45. The van der Waals surface area contributed by atoms with Gasteiger partial charge in [-0.25, -0.2) is 4.79 Å². The normalized spacial score (nSPS) is 20.5. The van der Waals surface area contributed by atoms with Crippen molar-refractivity contribution in [3.63, 3.8) is 0 Å². The number of nitrogens with zero attached hydrogens (tertiary/aromatic N) is 2. The minimum Gasteiger partial charge on any atom is -0.386 e. The van der Waals surface area contributed by atoms with Crippen molar-refractivity contribution in [2.45, 2.75) is 31.8 Å². The second-order valence-electron chi connectivity index (χ2n) is 7.78. The molecule has 0 radical (unpaired) electrons. The molecule has 2 heterocycles. The molecule has 2 aliphatic heterocycles. The van der Waals surface area contributed by atoms with Gasteiger partial charge in [0.25, 0.3) is 5.91 Å². The van der Waals surface area contributed by atoms with Gasteiger partial charge in [-0.1, -0.05) is 35.0 Å². The van der Waals surface area contributed by atoms with Crippen molar-refractivity contribution in [3.05, 3.63) is 59.1 Å². The van der Waals surface area contributed by atoms with Crippen LogP contribution in [0.1, 0.15) is 24.8 Å². The molecule has 2 aliphatic rings. The number of nitrogens with one attached hydrogen (secondary N) is 2. The van der Waals surface area contributed by atoms with Crippen molar-refractivity contribution in [1.82, 2.24) is 4.90 Å². The van der Waals surface area contributed by atoms with Crippen molar-refractivity contribution in [1.29, 1.82) is 0 Å². The van der Waals surface area contributed by atoms with Crippen molar-refractivity contribution < 1.29 is 14.4 Å². The van der Waals surface area contributed by atoms with Crippen LogP contribution in [-0.4, -0.2) is 41.2 Å². The van der Waals surface area contributed by atoms with Crippen LogP contribution < -0.4 is 10.6 Å². The number of hydrogen-bond acceptors (Lipinski definition) is 4. The summed E-state index contributed by atoms with van der Waals surface area (Å²) in [5.74, 6) is -0.324. The van der Waals surface area contributed by atoms with Gasteiger partial charge in [-0.2, -0.15) is 0 Å². The van der Waals surface area contributed by atoms with Crippen LogP contribution in [0.25, 0.3) is 0 Å². The molecule has 0 aromatic heterocycles. The summed E-state index contributed by atoms with van der Waals surface area (Å²) in [5.41, 5.74) is 2.08. The Kier molecular flexibility index (Phi) is 5.63. The molecule has 0 aliphatic carbocycles. The smallest absolute Gasteiger partial charge is 0.321 e. The zero-order chi connectivity index (χ0) is 21.1. The van der Waals surface area contributed by atoms with E-state index < -0.39 is 5.60 Å². The van der Waals surface area contributed by atoms with Crippen LogP contribution in [0.5, 0.6) is 0 Å². The predicted octanol–water partition coefficient (Wildman–Crippen LogP) is 4.43. The molecule has 1 unspecified atom stereocenters. The summed E-state index contributed by atoms with van der Waals surface area (Å²) in [5, 5.41) is 10.3. The molecule has 8 heteroatoms. The van der Waals surface area contributed by atoms with Crippen LogP contribution >= 0.6 is 11.6 Å². The molecule has 1 saturated heterocycles. The van der Waals surface area contributed by atoms with Crippen molar-refractivity contribution in [3.8, 4) is 0 Å². The number of carbonyl (C=O) groups is 2. The zero-order valence-electron chi connectivity index (χ0n) is 16.7. The van der Waals surface area contributed by atoms with Gasteiger partial charge in [0.2, 0.25) is 0 Å². The van der Waals surface area contributed by atoms with E-state index in [1.807, 2.05) is 31.2 Å². The number of piperidine rings is 1. The first-order chi connectivity index (χ1) is 14.4. The molecule has 1 atom stereocenters.